The monoisotopic (exact) mass is 285 g/mol. The first kappa shape index (κ1) is 13.5. The van der Waals surface area contributed by atoms with Crippen molar-refractivity contribution in [1.29, 1.82) is 0 Å². The zero-order valence-electron chi connectivity index (χ0n) is 11.4. The zero-order chi connectivity index (χ0) is 14.5. The van der Waals surface area contributed by atoms with Crippen LogP contribution in [0.4, 0.5) is 4.39 Å². The first-order chi connectivity index (χ1) is 10.3. The molecular formula is C15H16FN5. The number of halogens is 1. The van der Waals surface area contributed by atoms with Gasteiger partial charge in [-0.15, -0.1) is 0 Å². The van der Waals surface area contributed by atoms with Crippen LogP contribution in [0.2, 0.25) is 0 Å². The summed E-state index contributed by atoms with van der Waals surface area (Å²) in [5.74, 6) is 0.572. The highest BCUT2D eigenvalue weighted by Gasteiger charge is 2.15. The predicted octanol–water partition coefficient (Wildman–Crippen LogP) is 2.12. The van der Waals surface area contributed by atoms with Crippen molar-refractivity contribution in [3.8, 4) is 0 Å². The number of nitrogens with one attached hydrogen (secondary N) is 2. The Kier molecular flexibility index (Phi) is 4.07. The Hall–Kier alpha value is -2.47. The predicted molar refractivity (Wildman–Crippen MR) is 77.1 cm³/mol. The van der Waals surface area contributed by atoms with E-state index in [-0.39, 0.29) is 11.9 Å². The van der Waals surface area contributed by atoms with E-state index in [2.05, 4.69) is 20.3 Å². The lowest BCUT2D eigenvalue weighted by atomic mass is 10.1. The Bertz CT molecular complexity index is 646. The minimum atomic E-state index is -0.240. The van der Waals surface area contributed by atoms with Crippen molar-refractivity contribution in [3.05, 3.63) is 72.6 Å². The minimum absolute atomic E-state index is 0.0934. The number of hydrogen-bond donors (Lipinski definition) is 2. The lowest BCUT2D eigenvalue weighted by molar-refractivity contribution is 0.535. The Labute approximate surface area is 121 Å². The number of imidazole rings is 2. The maximum atomic E-state index is 13.1. The fraction of sp³-hybridized carbons (Fsp3) is 0.200. The summed E-state index contributed by atoms with van der Waals surface area (Å²) in [6.45, 7) is 1.55. The molecule has 1 atom stereocenters. The van der Waals surface area contributed by atoms with E-state index >= 15 is 0 Å². The van der Waals surface area contributed by atoms with Crippen LogP contribution in [-0.4, -0.2) is 26.1 Å². The van der Waals surface area contributed by atoms with E-state index in [1.54, 1.807) is 37.1 Å². The maximum absolute atomic E-state index is 13.1. The van der Waals surface area contributed by atoms with Crippen LogP contribution in [0.25, 0.3) is 0 Å². The highest BCUT2D eigenvalue weighted by atomic mass is 19.1. The van der Waals surface area contributed by atoms with Gasteiger partial charge in [-0.25, -0.2) is 14.4 Å². The van der Waals surface area contributed by atoms with Crippen LogP contribution in [-0.2, 0) is 6.54 Å². The summed E-state index contributed by atoms with van der Waals surface area (Å²) in [7, 11) is 0. The van der Waals surface area contributed by atoms with Crippen molar-refractivity contribution < 1.29 is 4.39 Å². The van der Waals surface area contributed by atoms with Crippen molar-refractivity contribution in [1.82, 2.24) is 24.8 Å². The van der Waals surface area contributed by atoms with Crippen LogP contribution in [0.15, 0.2) is 55.4 Å². The molecule has 6 heteroatoms. The van der Waals surface area contributed by atoms with Gasteiger partial charge in [-0.05, 0) is 17.7 Å². The van der Waals surface area contributed by atoms with Gasteiger partial charge in [0, 0.05) is 37.9 Å². The van der Waals surface area contributed by atoms with E-state index in [0.717, 1.165) is 24.5 Å². The molecule has 0 aliphatic carbocycles. The molecule has 2 N–H and O–H groups in total. The molecule has 108 valence electrons. The Morgan fingerprint density at radius 3 is 2.76 bits per heavy atom. The molecule has 0 radical (unpaired) electrons. The molecule has 0 saturated carbocycles. The van der Waals surface area contributed by atoms with Gasteiger partial charge in [0.2, 0.25) is 0 Å². The fourth-order valence-electron chi connectivity index (χ4n) is 2.22. The Balaban J connectivity index is 1.72. The first-order valence-electron chi connectivity index (χ1n) is 6.77. The highest BCUT2D eigenvalue weighted by molar-refractivity contribution is 5.25. The second-order valence-corrected chi connectivity index (χ2v) is 4.71. The van der Waals surface area contributed by atoms with Gasteiger partial charge in [0.05, 0.1) is 12.4 Å². The zero-order valence-corrected chi connectivity index (χ0v) is 11.4. The molecule has 5 nitrogen and oxygen atoms in total. The Morgan fingerprint density at radius 1 is 1.24 bits per heavy atom. The molecule has 2 aromatic heterocycles. The van der Waals surface area contributed by atoms with Gasteiger partial charge < -0.3 is 14.9 Å². The molecule has 0 spiro atoms. The summed E-state index contributed by atoms with van der Waals surface area (Å²) < 4.78 is 15.1. The molecule has 1 aromatic carbocycles. The molecule has 3 rings (SSSR count). The van der Waals surface area contributed by atoms with Crippen LogP contribution >= 0.6 is 0 Å². The third kappa shape index (κ3) is 3.35. The number of hydrogen-bond acceptors (Lipinski definition) is 3. The quantitative estimate of drug-likeness (QED) is 0.729. The van der Waals surface area contributed by atoms with Crippen LogP contribution in [0, 0.1) is 5.82 Å². The maximum Gasteiger partial charge on any atom is 0.127 e. The van der Waals surface area contributed by atoms with Gasteiger partial charge in [-0.3, -0.25) is 0 Å². The lowest BCUT2D eigenvalue weighted by Crippen LogP contribution is -2.27. The third-order valence-corrected chi connectivity index (χ3v) is 3.27. The number of aromatic nitrogens is 4. The van der Waals surface area contributed by atoms with E-state index in [0.29, 0.717) is 0 Å². The van der Waals surface area contributed by atoms with E-state index in [1.807, 2.05) is 10.8 Å². The highest BCUT2D eigenvalue weighted by Crippen LogP contribution is 2.19. The molecule has 3 aromatic rings. The molecular weight excluding hydrogens is 269 g/mol. The Morgan fingerprint density at radius 2 is 2.10 bits per heavy atom. The van der Waals surface area contributed by atoms with E-state index in [9.17, 15) is 4.39 Å². The third-order valence-electron chi connectivity index (χ3n) is 3.27. The summed E-state index contributed by atoms with van der Waals surface area (Å²) in [5.41, 5.74) is 0.969. The molecule has 0 aliphatic rings. The number of rotatable bonds is 6. The summed E-state index contributed by atoms with van der Waals surface area (Å²) in [6, 6.07) is 6.37. The molecule has 2 heterocycles. The van der Waals surface area contributed by atoms with Gasteiger partial charge >= 0.3 is 0 Å². The lowest BCUT2D eigenvalue weighted by Gasteiger charge is -2.17. The van der Waals surface area contributed by atoms with Crippen LogP contribution < -0.4 is 5.32 Å². The minimum Gasteiger partial charge on any atom is -0.347 e. The topological polar surface area (TPSA) is 58.5 Å². The second kappa shape index (κ2) is 6.32. The van der Waals surface area contributed by atoms with Gasteiger partial charge in [-0.1, -0.05) is 12.1 Å². The summed E-state index contributed by atoms with van der Waals surface area (Å²) >= 11 is 0. The molecule has 0 amide bonds. The van der Waals surface area contributed by atoms with Gasteiger partial charge in [-0.2, -0.15) is 0 Å². The average Bonchev–Trinajstić information content (AvgIpc) is 3.18. The first-order valence-corrected chi connectivity index (χ1v) is 6.77. The van der Waals surface area contributed by atoms with Crippen molar-refractivity contribution in [2.45, 2.75) is 12.6 Å². The van der Waals surface area contributed by atoms with Crippen molar-refractivity contribution in [2.75, 3.05) is 6.54 Å². The summed E-state index contributed by atoms with van der Waals surface area (Å²) in [6.07, 6.45) is 8.94. The van der Waals surface area contributed by atoms with Crippen molar-refractivity contribution >= 4 is 0 Å². The second-order valence-electron chi connectivity index (χ2n) is 4.71. The average molecular weight is 285 g/mol. The van der Waals surface area contributed by atoms with Crippen molar-refractivity contribution in [2.24, 2.45) is 0 Å². The number of aromatic amines is 1. The van der Waals surface area contributed by atoms with Crippen LogP contribution in [0.5, 0.6) is 0 Å². The molecule has 0 aliphatic heterocycles. The van der Waals surface area contributed by atoms with Gasteiger partial charge in [0.25, 0.3) is 0 Å². The van der Waals surface area contributed by atoms with Gasteiger partial charge in [0.15, 0.2) is 0 Å². The number of benzene rings is 1. The molecule has 0 unspecified atom stereocenters. The molecule has 0 bridgehead atoms. The largest absolute Gasteiger partial charge is 0.347 e. The van der Waals surface area contributed by atoms with Crippen LogP contribution in [0.1, 0.15) is 17.4 Å². The van der Waals surface area contributed by atoms with E-state index in [4.69, 9.17) is 0 Å². The van der Waals surface area contributed by atoms with Gasteiger partial charge in [0.1, 0.15) is 11.6 Å². The smallest absolute Gasteiger partial charge is 0.127 e. The fourth-order valence-corrected chi connectivity index (χ4v) is 2.22. The van der Waals surface area contributed by atoms with Crippen LogP contribution in [0.3, 0.4) is 0 Å². The van der Waals surface area contributed by atoms with Crippen molar-refractivity contribution in [3.63, 3.8) is 0 Å². The summed E-state index contributed by atoms with van der Waals surface area (Å²) in [4.78, 5) is 11.4. The molecule has 0 saturated heterocycles. The normalized spacial score (nSPS) is 12.4. The number of H-pyrrole nitrogens is 1. The molecule has 0 fully saturated rings. The SMILES string of the molecule is Fc1ccc([C@H](NCCn2ccnc2)c2ncc[nH]2)cc1. The summed E-state index contributed by atoms with van der Waals surface area (Å²) in [5, 5.41) is 3.43. The molecule has 21 heavy (non-hydrogen) atoms. The number of nitrogens with zero attached hydrogens (tertiary/aromatic N) is 3. The van der Waals surface area contributed by atoms with E-state index < -0.39 is 0 Å². The standard InChI is InChI=1S/C15H16FN5/c16-13-3-1-12(2-4-13)14(15-19-5-6-20-15)18-8-10-21-9-7-17-11-21/h1-7,9,11,14,18H,8,10H2,(H,19,20)/t14-/m0/s1. The van der Waals surface area contributed by atoms with E-state index in [1.165, 1.54) is 12.1 Å².